The SMILES string of the molecule is Cc1ccc(CN2CCN(C(=O)CNC(=O)C(CC(=O)NO)CC3CCCC3)CC2)cc1. The van der Waals surface area contributed by atoms with E-state index in [0.29, 0.717) is 25.4 Å². The van der Waals surface area contributed by atoms with Gasteiger partial charge in [-0.25, -0.2) is 5.48 Å². The number of piperazine rings is 1. The first-order valence-electron chi connectivity index (χ1n) is 11.7. The highest BCUT2D eigenvalue weighted by Crippen LogP contribution is 2.31. The first-order valence-corrected chi connectivity index (χ1v) is 11.7. The van der Waals surface area contributed by atoms with Crippen LogP contribution in [0.5, 0.6) is 0 Å². The Kier molecular flexibility index (Phi) is 9.05. The third-order valence-electron chi connectivity index (χ3n) is 6.69. The summed E-state index contributed by atoms with van der Waals surface area (Å²) in [6.07, 6.45) is 4.99. The average Bonchev–Trinajstić information content (AvgIpc) is 3.32. The third kappa shape index (κ3) is 7.31. The molecule has 2 aliphatic rings. The molecular formula is C24H36N4O4. The molecule has 1 aromatic rings. The van der Waals surface area contributed by atoms with E-state index in [2.05, 4.69) is 41.4 Å². The fourth-order valence-electron chi connectivity index (χ4n) is 4.73. The van der Waals surface area contributed by atoms with Gasteiger partial charge in [-0.15, -0.1) is 0 Å². The quantitative estimate of drug-likeness (QED) is 0.399. The second-order valence-corrected chi connectivity index (χ2v) is 9.18. The second kappa shape index (κ2) is 12.0. The van der Waals surface area contributed by atoms with Crippen LogP contribution in [0.25, 0.3) is 0 Å². The van der Waals surface area contributed by atoms with Crippen LogP contribution in [0.1, 0.15) is 49.7 Å². The Hall–Kier alpha value is -2.45. The maximum absolute atomic E-state index is 12.7. The number of carbonyl (C=O) groups is 3. The van der Waals surface area contributed by atoms with Gasteiger partial charge in [-0.2, -0.15) is 0 Å². The highest BCUT2D eigenvalue weighted by molar-refractivity contribution is 5.88. The van der Waals surface area contributed by atoms with Gasteiger partial charge in [-0.05, 0) is 24.8 Å². The van der Waals surface area contributed by atoms with E-state index in [1.54, 1.807) is 10.4 Å². The topological polar surface area (TPSA) is 102 Å². The fraction of sp³-hybridized carbons (Fsp3) is 0.625. The minimum Gasteiger partial charge on any atom is -0.347 e. The average molecular weight is 445 g/mol. The van der Waals surface area contributed by atoms with Crippen molar-refractivity contribution in [1.29, 1.82) is 0 Å². The zero-order valence-corrected chi connectivity index (χ0v) is 19.0. The Morgan fingerprint density at radius 3 is 2.34 bits per heavy atom. The predicted molar refractivity (Wildman–Crippen MR) is 121 cm³/mol. The van der Waals surface area contributed by atoms with Crippen LogP contribution in [0.4, 0.5) is 0 Å². The van der Waals surface area contributed by atoms with Crippen molar-refractivity contribution < 1.29 is 19.6 Å². The minimum absolute atomic E-state index is 0.0568. The van der Waals surface area contributed by atoms with Crippen LogP contribution in [0.2, 0.25) is 0 Å². The number of hydrogen-bond acceptors (Lipinski definition) is 5. The summed E-state index contributed by atoms with van der Waals surface area (Å²) < 4.78 is 0. The maximum atomic E-state index is 12.7. The Bertz CT molecular complexity index is 769. The molecule has 1 aliphatic heterocycles. The van der Waals surface area contributed by atoms with Gasteiger partial charge in [0.2, 0.25) is 17.7 Å². The minimum atomic E-state index is -0.570. The number of hydrogen-bond donors (Lipinski definition) is 3. The molecule has 1 atom stereocenters. The largest absolute Gasteiger partial charge is 0.347 e. The first-order chi connectivity index (χ1) is 15.4. The van der Waals surface area contributed by atoms with Crippen LogP contribution in [-0.2, 0) is 20.9 Å². The van der Waals surface area contributed by atoms with E-state index in [9.17, 15) is 14.4 Å². The lowest BCUT2D eigenvalue weighted by atomic mass is 9.90. The summed E-state index contributed by atoms with van der Waals surface area (Å²) in [4.78, 5) is 41.1. The van der Waals surface area contributed by atoms with E-state index in [1.807, 2.05) is 0 Å². The number of carbonyl (C=O) groups excluding carboxylic acids is 3. The molecule has 1 aromatic carbocycles. The fourth-order valence-corrected chi connectivity index (χ4v) is 4.73. The Morgan fingerprint density at radius 1 is 1.06 bits per heavy atom. The Morgan fingerprint density at radius 2 is 1.72 bits per heavy atom. The predicted octanol–water partition coefficient (Wildman–Crippen LogP) is 1.85. The van der Waals surface area contributed by atoms with Gasteiger partial charge in [0.05, 0.1) is 6.54 Å². The lowest BCUT2D eigenvalue weighted by molar-refractivity contribution is -0.137. The number of benzene rings is 1. The molecule has 0 aromatic heterocycles. The number of rotatable bonds is 9. The van der Waals surface area contributed by atoms with Crippen LogP contribution >= 0.6 is 0 Å². The maximum Gasteiger partial charge on any atom is 0.244 e. The van der Waals surface area contributed by atoms with Crippen molar-refractivity contribution in [2.24, 2.45) is 11.8 Å². The number of nitrogens with one attached hydrogen (secondary N) is 2. The second-order valence-electron chi connectivity index (χ2n) is 9.18. The molecule has 1 saturated carbocycles. The van der Waals surface area contributed by atoms with Crippen molar-refractivity contribution >= 4 is 17.7 Å². The van der Waals surface area contributed by atoms with Crippen molar-refractivity contribution in [2.75, 3.05) is 32.7 Å². The summed E-state index contributed by atoms with van der Waals surface area (Å²) in [5.41, 5.74) is 4.13. The molecule has 1 saturated heterocycles. The van der Waals surface area contributed by atoms with Crippen molar-refractivity contribution in [3.8, 4) is 0 Å². The highest BCUT2D eigenvalue weighted by Gasteiger charge is 2.28. The monoisotopic (exact) mass is 444 g/mol. The number of nitrogens with zero attached hydrogens (tertiary/aromatic N) is 2. The molecule has 1 aliphatic carbocycles. The van der Waals surface area contributed by atoms with Crippen LogP contribution in [-0.4, -0.2) is 65.5 Å². The first kappa shape index (κ1) is 24.2. The zero-order chi connectivity index (χ0) is 22.9. The van der Waals surface area contributed by atoms with E-state index in [-0.39, 0.29) is 24.8 Å². The summed E-state index contributed by atoms with van der Waals surface area (Å²) >= 11 is 0. The summed E-state index contributed by atoms with van der Waals surface area (Å²) in [5, 5.41) is 11.6. The number of hydroxylamine groups is 1. The molecule has 176 valence electrons. The van der Waals surface area contributed by atoms with Gasteiger partial charge >= 0.3 is 0 Å². The van der Waals surface area contributed by atoms with Crippen LogP contribution in [0, 0.1) is 18.8 Å². The van der Waals surface area contributed by atoms with E-state index in [4.69, 9.17) is 5.21 Å². The van der Waals surface area contributed by atoms with Gasteiger partial charge in [0.1, 0.15) is 0 Å². The lowest BCUT2D eigenvalue weighted by Gasteiger charge is -2.35. The smallest absolute Gasteiger partial charge is 0.244 e. The third-order valence-corrected chi connectivity index (χ3v) is 6.69. The van der Waals surface area contributed by atoms with Gasteiger partial charge in [-0.3, -0.25) is 24.5 Å². The standard InChI is InChI=1S/C24H36N4O4/c1-18-6-8-20(9-7-18)17-27-10-12-28(13-11-27)23(30)16-25-24(31)21(15-22(29)26-32)14-19-4-2-3-5-19/h6-9,19,21,32H,2-5,10-17H2,1H3,(H,25,31)(H,26,29). The molecule has 0 spiro atoms. The Labute approximate surface area is 190 Å². The summed E-state index contributed by atoms with van der Waals surface area (Å²) in [7, 11) is 0. The van der Waals surface area contributed by atoms with Crippen molar-refractivity contribution in [3.63, 3.8) is 0 Å². The molecular weight excluding hydrogens is 408 g/mol. The molecule has 2 fully saturated rings. The van der Waals surface area contributed by atoms with E-state index < -0.39 is 11.8 Å². The molecule has 1 unspecified atom stereocenters. The van der Waals surface area contributed by atoms with E-state index in [0.717, 1.165) is 45.3 Å². The molecule has 0 bridgehead atoms. The molecule has 8 heteroatoms. The molecule has 0 radical (unpaired) electrons. The highest BCUT2D eigenvalue weighted by atomic mass is 16.5. The normalized spacial score (nSPS) is 18.4. The zero-order valence-electron chi connectivity index (χ0n) is 19.0. The van der Waals surface area contributed by atoms with Gasteiger partial charge < -0.3 is 10.2 Å². The van der Waals surface area contributed by atoms with Crippen molar-refractivity contribution in [1.82, 2.24) is 20.6 Å². The molecule has 3 amide bonds. The van der Waals surface area contributed by atoms with E-state index in [1.165, 1.54) is 11.1 Å². The lowest BCUT2D eigenvalue weighted by Crippen LogP contribution is -2.51. The van der Waals surface area contributed by atoms with Crippen LogP contribution < -0.4 is 10.8 Å². The van der Waals surface area contributed by atoms with Gasteiger partial charge in [-0.1, -0.05) is 55.5 Å². The van der Waals surface area contributed by atoms with Crippen molar-refractivity contribution in [2.45, 2.75) is 52.0 Å². The van der Waals surface area contributed by atoms with Gasteiger partial charge in [0.15, 0.2) is 0 Å². The molecule has 1 heterocycles. The molecule has 32 heavy (non-hydrogen) atoms. The van der Waals surface area contributed by atoms with Gasteiger partial charge in [0, 0.05) is 45.1 Å². The van der Waals surface area contributed by atoms with E-state index >= 15 is 0 Å². The van der Waals surface area contributed by atoms with Crippen LogP contribution in [0.15, 0.2) is 24.3 Å². The summed E-state index contributed by atoms with van der Waals surface area (Å²) in [5.74, 6) is -1.05. The summed E-state index contributed by atoms with van der Waals surface area (Å²) in [6.45, 7) is 5.76. The number of aryl methyl sites for hydroxylation is 1. The molecule has 8 nitrogen and oxygen atoms in total. The van der Waals surface area contributed by atoms with Gasteiger partial charge in [0.25, 0.3) is 0 Å². The number of amides is 3. The summed E-state index contributed by atoms with van der Waals surface area (Å²) in [6, 6.07) is 8.51. The van der Waals surface area contributed by atoms with Crippen molar-refractivity contribution in [3.05, 3.63) is 35.4 Å². The molecule has 3 rings (SSSR count). The molecule has 3 N–H and O–H groups in total. The Balaban J connectivity index is 1.42. The van der Waals surface area contributed by atoms with Crippen LogP contribution in [0.3, 0.4) is 0 Å².